The van der Waals surface area contributed by atoms with Crippen molar-refractivity contribution in [2.24, 2.45) is 0 Å². The van der Waals surface area contributed by atoms with Crippen LogP contribution in [0.25, 0.3) is 11.3 Å². The Morgan fingerprint density at radius 3 is 2.79 bits per heavy atom. The third-order valence-electron chi connectivity index (χ3n) is 2.61. The van der Waals surface area contributed by atoms with E-state index in [-0.39, 0.29) is 29.3 Å². The van der Waals surface area contributed by atoms with E-state index < -0.39 is 17.2 Å². The van der Waals surface area contributed by atoms with Gasteiger partial charge in [0.2, 0.25) is 0 Å². The zero-order valence-electron chi connectivity index (χ0n) is 10.5. The molecule has 0 aliphatic carbocycles. The molecular formula is C13H12F2N2O2. The first kappa shape index (κ1) is 13.4. The van der Waals surface area contributed by atoms with E-state index in [9.17, 15) is 13.6 Å². The van der Waals surface area contributed by atoms with E-state index in [4.69, 9.17) is 4.74 Å². The molecule has 0 amide bonds. The molecule has 4 nitrogen and oxygen atoms in total. The van der Waals surface area contributed by atoms with Crippen molar-refractivity contribution >= 4 is 0 Å². The summed E-state index contributed by atoms with van der Waals surface area (Å²) in [4.78, 5) is 17.9. The van der Waals surface area contributed by atoms with Crippen LogP contribution < -0.4 is 5.56 Å². The minimum absolute atomic E-state index is 0.0468. The number of hydrogen-bond acceptors (Lipinski definition) is 3. The van der Waals surface area contributed by atoms with Crippen molar-refractivity contribution < 1.29 is 13.5 Å². The topological polar surface area (TPSA) is 55.0 Å². The first-order valence-corrected chi connectivity index (χ1v) is 5.57. The van der Waals surface area contributed by atoms with Gasteiger partial charge in [-0.15, -0.1) is 0 Å². The SMILES string of the molecule is COCc1nc(-c2c(F)ccc(C)c2F)cc(=O)[nH]1. The number of aromatic nitrogens is 2. The summed E-state index contributed by atoms with van der Waals surface area (Å²) in [5, 5.41) is 0. The van der Waals surface area contributed by atoms with Gasteiger partial charge in [-0.25, -0.2) is 13.8 Å². The number of H-pyrrole nitrogens is 1. The molecule has 0 fully saturated rings. The highest BCUT2D eigenvalue weighted by Gasteiger charge is 2.16. The summed E-state index contributed by atoms with van der Waals surface area (Å²) in [6.07, 6.45) is 0. The molecule has 0 saturated carbocycles. The zero-order valence-corrected chi connectivity index (χ0v) is 10.5. The molecule has 0 radical (unpaired) electrons. The van der Waals surface area contributed by atoms with Crippen LogP contribution in [-0.4, -0.2) is 17.1 Å². The molecule has 0 unspecified atom stereocenters. The summed E-state index contributed by atoms with van der Waals surface area (Å²) in [7, 11) is 1.43. The summed E-state index contributed by atoms with van der Waals surface area (Å²) in [5.41, 5.74) is -0.554. The summed E-state index contributed by atoms with van der Waals surface area (Å²) in [6, 6.07) is 3.53. The largest absolute Gasteiger partial charge is 0.377 e. The van der Waals surface area contributed by atoms with Crippen molar-refractivity contribution in [1.29, 1.82) is 0 Å². The first-order chi connectivity index (χ1) is 9.02. The zero-order chi connectivity index (χ0) is 14.0. The highest BCUT2D eigenvalue weighted by Crippen LogP contribution is 2.25. The Bertz CT molecular complexity index is 668. The van der Waals surface area contributed by atoms with E-state index in [1.54, 1.807) is 0 Å². The van der Waals surface area contributed by atoms with Gasteiger partial charge in [0.05, 0.1) is 11.3 Å². The molecule has 1 N–H and O–H groups in total. The molecule has 0 aliphatic heterocycles. The summed E-state index contributed by atoms with van der Waals surface area (Å²) >= 11 is 0. The van der Waals surface area contributed by atoms with Gasteiger partial charge in [-0.1, -0.05) is 6.07 Å². The minimum Gasteiger partial charge on any atom is -0.377 e. The number of hydrogen-bond donors (Lipinski definition) is 1. The molecule has 1 aromatic carbocycles. The van der Waals surface area contributed by atoms with Gasteiger partial charge in [-0.3, -0.25) is 4.79 Å². The van der Waals surface area contributed by atoms with Crippen LogP contribution >= 0.6 is 0 Å². The fourth-order valence-electron chi connectivity index (χ4n) is 1.73. The highest BCUT2D eigenvalue weighted by molar-refractivity contribution is 5.61. The van der Waals surface area contributed by atoms with E-state index in [0.29, 0.717) is 0 Å². The fraction of sp³-hybridized carbons (Fsp3) is 0.231. The fourth-order valence-corrected chi connectivity index (χ4v) is 1.73. The normalized spacial score (nSPS) is 10.7. The lowest BCUT2D eigenvalue weighted by Gasteiger charge is -2.08. The molecule has 0 spiro atoms. The van der Waals surface area contributed by atoms with Crippen molar-refractivity contribution in [3.63, 3.8) is 0 Å². The molecule has 19 heavy (non-hydrogen) atoms. The Balaban J connectivity index is 2.65. The van der Waals surface area contributed by atoms with Gasteiger partial charge >= 0.3 is 0 Å². The van der Waals surface area contributed by atoms with Crippen LogP contribution in [0.2, 0.25) is 0 Å². The molecule has 6 heteroatoms. The van der Waals surface area contributed by atoms with Gasteiger partial charge in [0.1, 0.15) is 24.1 Å². The number of halogens is 2. The molecule has 0 bridgehead atoms. The molecular weight excluding hydrogens is 254 g/mol. The first-order valence-electron chi connectivity index (χ1n) is 5.57. The average Bonchev–Trinajstić information content (AvgIpc) is 2.34. The Hall–Kier alpha value is -2.08. The molecule has 0 saturated heterocycles. The number of aryl methyl sites for hydroxylation is 1. The van der Waals surface area contributed by atoms with Crippen LogP contribution in [0.4, 0.5) is 8.78 Å². The number of methoxy groups -OCH3 is 1. The molecule has 1 heterocycles. The van der Waals surface area contributed by atoms with Crippen molar-refractivity contribution in [1.82, 2.24) is 9.97 Å². The predicted octanol–water partition coefficient (Wildman–Crippen LogP) is 2.17. The Morgan fingerprint density at radius 2 is 2.11 bits per heavy atom. The Morgan fingerprint density at radius 1 is 1.37 bits per heavy atom. The summed E-state index contributed by atoms with van der Waals surface area (Å²) < 4.78 is 32.6. The number of nitrogens with one attached hydrogen (secondary N) is 1. The van der Waals surface area contributed by atoms with Gasteiger partial charge in [0, 0.05) is 13.2 Å². The van der Waals surface area contributed by atoms with Crippen molar-refractivity contribution in [2.45, 2.75) is 13.5 Å². The maximum atomic E-state index is 14.0. The lowest BCUT2D eigenvalue weighted by molar-refractivity contribution is 0.177. The van der Waals surface area contributed by atoms with E-state index in [1.165, 1.54) is 20.1 Å². The summed E-state index contributed by atoms with van der Waals surface area (Å²) in [5.74, 6) is -1.27. The molecule has 2 rings (SSSR count). The summed E-state index contributed by atoms with van der Waals surface area (Å²) in [6.45, 7) is 1.57. The maximum absolute atomic E-state index is 14.0. The average molecular weight is 266 g/mol. The number of nitrogens with zero attached hydrogens (tertiary/aromatic N) is 1. The molecule has 0 aliphatic rings. The third-order valence-corrected chi connectivity index (χ3v) is 2.61. The van der Waals surface area contributed by atoms with Crippen LogP contribution in [0.1, 0.15) is 11.4 Å². The van der Waals surface area contributed by atoms with E-state index in [0.717, 1.165) is 12.1 Å². The van der Waals surface area contributed by atoms with Crippen LogP contribution in [0.5, 0.6) is 0 Å². The predicted molar refractivity (Wildman–Crippen MR) is 65.7 cm³/mol. The standard InChI is InChI=1S/C13H12F2N2O2/c1-7-3-4-8(14)12(13(7)15)9-5-11(18)17-10(16-9)6-19-2/h3-5H,6H2,1-2H3,(H,16,17,18). The smallest absolute Gasteiger partial charge is 0.251 e. The van der Waals surface area contributed by atoms with Crippen LogP contribution in [0.3, 0.4) is 0 Å². The second kappa shape index (κ2) is 5.27. The number of ether oxygens (including phenoxy) is 1. The Labute approximate surface area is 108 Å². The second-order valence-corrected chi connectivity index (χ2v) is 4.06. The molecule has 2 aromatic rings. The number of benzene rings is 1. The van der Waals surface area contributed by atoms with Gasteiger partial charge < -0.3 is 9.72 Å². The molecule has 1 aromatic heterocycles. The highest BCUT2D eigenvalue weighted by atomic mass is 19.1. The van der Waals surface area contributed by atoms with Gasteiger partial charge in [-0.2, -0.15) is 0 Å². The van der Waals surface area contributed by atoms with E-state index in [1.807, 2.05) is 0 Å². The lowest BCUT2D eigenvalue weighted by atomic mass is 10.1. The van der Waals surface area contributed by atoms with Gasteiger partial charge in [-0.05, 0) is 18.6 Å². The van der Waals surface area contributed by atoms with Crippen molar-refractivity contribution in [2.75, 3.05) is 7.11 Å². The monoisotopic (exact) mass is 266 g/mol. The second-order valence-electron chi connectivity index (χ2n) is 4.06. The van der Waals surface area contributed by atoms with Crippen molar-refractivity contribution in [3.8, 4) is 11.3 Å². The van der Waals surface area contributed by atoms with Gasteiger partial charge in [0.25, 0.3) is 5.56 Å². The van der Waals surface area contributed by atoms with Crippen LogP contribution in [0, 0.1) is 18.6 Å². The maximum Gasteiger partial charge on any atom is 0.251 e. The van der Waals surface area contributed by atoms with Crippen molar-refractivity contribution in [3.05, 3.63) is 51.6 Å². The number of aromatic amines is 1. The molecule has 0 atom stereocenters. The van der Waals surface area contributed by atoms with Crippen LogP contribution in [0.15, 0.2) is 23.0 Å². The van der Waals surface area contributed by atoms with E-state index >= 15 is 0 Å². The quantitative estimate of drug-likeness (QED) is 0.926. The minimum atomic E-state index is -0.760. The van der Waals surface area contributed by atoms with Gasteiger partial charge in [0.15, 0.2) is 0 Å². The lowest BCUT2D eigenvalue weighted by Crippen LogP contribution is -2.12. The van der Waals surface area contributed by atoms with Crippen LogP contribution in [-0.2, 0) is 11.3 Å². The third kappa shape index (κ3) is 2.68. The Kier molecular flexibility index (Phi) is 3.71. The number of rotatable bonds is 3. The molecule has 100 valence electrons. The van der Waals surface area contributed by atoms with E-state index in [2.05, 4.69) is 9.97 Å².